The summed E-state index contributed by atoms with van der Waals surface area (Å²) in [6.45, 7) is 1.24. The zero-order chi connectivity index (χ0) is 23.4. The molecular formula is C26H30N2O5. The zero-order valence-corrected chi connectivity index (χ0v) is 18.8. The molecule has 2 aliphatic rings. The molecule has 4 rings (SSSR count). The first-order valence-electron chi connectivity index (χ1n) is 11.5. The van der Waals surface area contributed by atoms with E-state index < -0.39 is 12.1 Å². The molecule has 7 heteroatoms. The van der Waals surface area contributed by atoms with Gasteiger partial charge in [0.15, 0.2) is 0 Å². The van der Waals surface area contributed by atoms with Crippen molar-refractivity contribution in [2.75, 3.05) is 26.7 Å². The molecule has 2 aromatic carbocycles. The van der Waals surface area contributed by atoms with Gasteiger partial charge >= 0.3 is 12.1 Å². The average molecular weight is 451 g/mol. The highest BCUT2D eigenvalue weighted by molar-refractivity contribution is 5.82. The molecule has 1 fully saturated rings. The van der Waals surface area contributed by atoms with E-state index in [9.17, 15) is 14.4 Å². The summed E-state index contributed by atoms with van der Waals surface area (Å²) in [5, 5.41) is 11.5. The Kier molecular flexibility index (Phi) is 6.96. The molecule has 0 heterocycles. The van der Waals surface area contributed by atoms with Gasteiger partial charge in [-0.05, 0) is 47.4 Å². The lowest BCUT2D eigenvalue weighted by Crippen LogP contribution is -2.32. The molecule has 0 aromatic heterocycles. The summed E-state index contributed by atoms with van der Waals surface area (Å²) in [5.41, 5.74) is 4.72. The summed E-state index contributed by atoms with van der Waals surface area (Å²) in [6, 6.07) is 16.4. The molecule has 0 aliphatic heterocycles. The smallest absolute Gasteiger partial charge is 0.407 e. The van der Waals surface area contributed by atoms with Crippen LogP contribution in [0.25, 0.3) is 11.1 Å². The number of amides is 2. The molecule has 0 spiro atoms. The van der Waals surface area contributed by atoms with E-state index in [1.165, 1.54) is 22.3 Å². The standard InChI is InChI=1S/C26H30N2O5/c1-28(13-7-6-12-24(29)30)25(31)22-14-17(22)15-27-26(32)33-16-23-20-10-4-2-8-18(20)19-9-3-5-11-21(19)23/h2-5,8-11,17,22-23H,6-7,12-16H2,1H3,(H,27,32)(H,29,30). The first-order chi connectivity index (χ1) is 16.0. The second-order valence-corrected chi connectivity index (χ2v) is 8.92. The molecule has 2 N–H and O–H groups in total. The molecule has 1 saturated carbocycles. The van der Waals surface area contributed by atoms with E-state index in [2.05, 4.69) is 29.6 Å². The Labute approximate surface area is 193 Å². The number of ether oxygens (including phenoxy) is 1. The summed E-state index contributed by atoms with van der Waals surface area (Å²) in [4.78, 5) is 37.0. The number of hydrogen-bond donors (Lipinski definition) is 2. The minimum atomic E-state index is -0.814. The number of unbranched alkanes of at least 4 members (excludes halogenated alkanes) is 1. The minimum absolute atomic E-state index is 0.0215. The Morgan fingerprint density at radius 1 is 1.03 bits per heavy atom. The lowest BCUT2D eigenvalue weighted by atomic mass is 9.98. The molecule has 174 valence electrons. The number of fused-ring (bicyclic) bond motifs is 3. The number of benzene rings is 2. The van der Waals surface area contributed by atoms with E-state index >= 15 is 0 Å². The fraction of sp³-hybridized carbons (Fsp3) is 0.423. The summed E-state index contributed by atoms with van der Waals surface area (Å²) < 4.78 is 5.55. The van der Waals surface area contributed by atoms with Gasteiger partial charge in [0.25, 0.3) is 0 Å². The maximum atomic E-state index is 12.5. The van der Waals surface area contributed by atoms with Gasteiger partial charge < -0.3 is 20.1 Å². The van der Waals surface area contributed by atoms with Crippen LogP contribution in [0.5, 0.6) is 0 Å². The SMILES string of the molecule is CN(CCCCC(=O)O)C(=O)C1CC1CNC(=O)OCC1c2ccccc2-c2ccccc21. The van der Waals surface area contributed by atoms with Crippen molar-refractivity contribution in [1.82, 2.24) is 10.2 Å². The highest BCUT2D eigenvalue weighted by atomic mass is 16.5. The van der Waals surface area contributed by atoms with Crippen molar-refractivity contribution in [3.05, 3.63) is 59.7 Å². The normalized spacial score (nSPS) is 18.2. The van der Waals surface area contributed by atoms with Gasteiger partial charge in [0.1, 0.15) is 6.61 Å². The Morgan fingerprint density at radius 2 is 1.67 bits per heavy atom. The summed E-state index contributed by atoms with van der Waals surface area (Å²) in [5.74, 6) is -0.689. The quantitative estimate of drug-likeness (QED) is 0.536. The number of nitrogens with one attached hydrogen (secondary N) is 1. The number of hydrogen-bond acceptors (Lipinski definition) is 4. The molecular weight excluding hydrogens is 420 g/mol. The molecule has 7 nitrogen and oxygen atoms in total. The molecule has 0 saturated heterocycles. The van der Waals surface area contributed by atoms with Crippen molar-refractivity contribution in [2.45, 2.75) is 31.6 Å². The Balaban J connectivity index is 1.20. The van der Waals surface area contributed by atoms with E-state index in [0.717, 1.165) is 6.42 Å². The van der Waals surface area contributed by atoms with Crippen molar-refractivity contribution in [3.63, 3.8) is 0 Å². The predicted molar refractivity (Wildman–Crippen MR) is 124 cm³/mol. The van der Waals surface area contributed by atoms with E-state index in [4.69, 9.17) is 9.84 Å². The van der Waals surface area contributed by atoms with Crippen LogP contribution < -0.4 is 5.32 Å². The van der Waals surface area contributed by atoms with Gasteiger partial charge in [0.05, 0.1) is 0 Å². The highest BCUT2D eigenvalue weighted by Gasteiger charge is 2.44. The van der Waals surface area contributed by atoms with E-state index in [1.807, 2.05) is 24.3 Å². The summed E-state index contributed by atoms with van der Waals surface area (Å²) in [7, 11) is 1.75. The largest absolute Gasteiger partial charge is 0.481 e. The molecule has 2 amide bonds. The van der Waals surface area contributed by atoms with Crippen LogP contribution in [-0.4, -0.2) is 54.7 Å². The van der Waals surface area contributed by atoms with Gasteiger partial charge in [0, 0.05) is 38.4 Å². The monoisotopic (exact) mass is 450 g/mol. The van der Waals surface area contributed by atoms with E-state index in [0.29, 0.717) is 25.9 Å². The van der Waals surface area contributed by atoms with Crippen molar-refractivity contribution >= 4 is 18.0 Å². The Morgan fingerprint density at radius 3 is 2.30 bits per heavy atom. The molecule has 2 unspecified atom stereocenters. The van der Waals surface area contributed by atoms with Crippen LogP contribution in [0.2, 0.25) is 0 Å². The Hall–Kier alpha value is -3.35. The third-order valence-electron chi connectivity index (χ3n) is 6.60. The fourth-order valence-electron chi connectivity index (χ4n) is 4.66. The van der Waals surface area contributed by atoms with Crippen LogP contribution in [0.4, 0.5) is 4.79 Å². The molecule has 2 atom stereocenters. The number of rotatable bonds is 10. The molecule has 0 bridgehead atoms. The van der Waals surface area contributed by atoms with Crippen LogP contribution in [0, 0.1) is 11.8 Å². The first kappa shape index (κ1) is 22.8. The van der Waals surface area contributed by atoms with Crippen LogP contribution in [-0.2, 0) is 14.3 Å². The minimum Gasteiger partial charge on any atom is -0.481 e. The molecule has 2 aliphatic carbocycles. The van der Waals surface area contributed by atoms with Gasteiger partial charge in [-0.25, -0.2) is 4.79 Å². The maximum Gasteiger partial charge on any atom is 0.407 e. The number of carboxylic acids is 1. The number of alkyl carbamates (subject to hydrolysis) is 1. The number of aliphatic carboxylic acids is 1. The summed E-state index contributed by atoms with van der Waals surface area (Å²) >= 11 is 0. The molecule has 0 radical (unpaired) electrons. The lowest BCUT2D eigenvalue weighted by Gasteiger charge is -2.17. The number of carbonyl (C=O) groups is 3. The van der Waals surface area contributed by atoms with Crippen molar-refractivity contribution in [2.24, 2.45) is 11.8 Å². The van der Waals surface area contributed by atoms with Crippen molar-refractivity contribution in [1.29, 1.82) is 0 Å². The van der Waals surface area contributed by atoms with Gasteiger partial charge in [-0.3, -0.25) is 9.59 Å². The van der Waals surface area contributed by atoms with Crippen molar-refractivity contribution < 1.29 is 24.2 Å². The number of carboxylic acid groups (broad SMARTS) is 1. The lowest BCUT2D eigenvalue weighted by molar-refractivity contribution is -0.137. The van der Waals surface area contributed by atoms with Gasteiger partial charge in [-0.2, -0.15) is 0 Å². The fourth-order valence-corrected chi connectivity index (χ4v) is 4.66. The third kappa shape index (κ3) is 5.35. The van der Waals surface area contributed by atoms with Crippen LogP contribution >= 0.6 is 0 Å². The van der Waals surface area contributed by atoms with Crippen LogP contribution in [0.15, 0.2) is 48.5 Å². The Bertz CT molecular complexity index is 991. The number of nitrogens with zero attached hydrogens (tertiary/aromatic N) is 1. The first-order valence-corrected chi connectivity index (χ1v) is 11.5. The topological polar surface area (TPSA) is 95.9 Å². The second-order valence-electron chi connectivity index (χ2n) is 8.92. The maximum absolute atomic E-state index is 12.5. The van der Waals surface area contributed by atoms with Crippen LogP contribution in [0.3, 0.4) is 0 Å². The van der Waals surface area contributed by atoms with E-state index in [1.54, 1.807) is 11.9 Å². The highest BCUT2D eigenvalue weighted by Crippen LogP contribution is 2.44. The van der Waals surface area contributed by atoms with Gasteiger partial charge in [0.2, 0.25) is 5.91 Å². The van der Waals surface area contributed by atoms with Crippen LogP contribution in [0.1, 0.15) is 42.7 Å². The van der Waals surface area contributed by atoms with Gasteiger partial charge in [-0.15, -0.1) is 0 Å². The van der Waals surface area contributed by atoms with E-state index in [-0.39, 0.29) is 36.7 Å². The summed E-state index contributed by atoms with van der Waals surface area (Å²) in [6.07, 6.45) is 1.64. The second kappa shape index (κ2) is 10.1. The molecule has 2 aromatic rings. The van der Waals surface area contributed by atoms with Crippen molar-refractivity contribution in [3.8, 4) is 11.1 Å². The predicted octanol–water partition coefficient (Wildman–Crippen LogP) is 3.87. The average Bonchev–Trinajstić information content (AvgIpc) is 3.53. The third-order valence-corrected chi connectivity index (χ3v) is 6.60. The molecule has 33 heavy (non-hydrogen) atoms. The van der Waals surface area contributed by atoms with Gasteiger partial charge in [-0.1, -0.05) is 48.5 Å². The number of carbonyl (C=O) groups excluding carboxylic acids is 2. The zero-order valence-electron chi connectivity index (χ0n) is 18.8.